The van der Waals surface area contributed by atoms with Crippen molar-refractivity contribution < 1.29 is 19.0 Å². The van der Waals surface area contributed by atoms with Crippen LogP contribution in [0.3, 0.4) is 0 Å². The Balaban J connectivity index is 1.52. The molecule has 1 aliphatic rings. The molecule has 36 heavy (non-hydrogen) atoms. The number of methoxy groups -OCH3 is 3. The molecule has 0 spiro atoms. The van der Waals surface area contributed by atoms with Crippen LogP contribution in [-0.4, -0.2) is 48.9 Å². The Morgan fingerprint density at radius 2 is 1.72 bits per heavy atom. The Morgan fingerprint density at radius 3 is 2.42 bits per heavy atom. The number of nitrogens with one attached hydrogen (secondary N) is 1. The third-order valence-electron chi connectivity index (χ3n) is 6.48. The maximum Gasteiger partial charge on any atom is 0.273 e. The molecule has 1 unspecified atom stereocenters. The standard InChI is InChI=1S/C28H26ClN3O4/c1-34-21-10-8-18(9-11-21)25-24-26(31-30-25)28(33)32(27(24)19-5-4-6-20(29)16-19)14-13-17-7-12-22(35-2)23(15-17)36-3/h4-12,15-16,27H,13-14H2,1-3H3,(H,30,31). The third-order valence-corrected chi connectivity index (χ3v) is 6.72. The largest absolute Gasteiger partial charge is 0.497 e. The Kier molecular flexibility index (Phi) is 6.57. The van der Waals surface area contributed by atoms with Crippen LogP contribution in [0.2, 0.25) is 5.02 Å². The van der Waals surface area contributed by atoms with Crippen LogP contribution in [0, 0.1) is 0 Å². The number of amides is 1. The maximum atomic E-state index is 13.6. The molecule has 1 N–H and O–H groups in total. The Bertz CT molecular complexity index is 1400. The second-order valence-corrected chi connectivity index (χ2v) is 8.92. The molecule has 1 aromatic heterocycles. The number of aromatic nitrogens is 2. The zero-order valence-corrected chi connectivity index (χ0v) is 21.0. The molecule has 184 valence electrons. The van der Waals surface area contributed by atoms with Gasteiger partial charge in [-0.15, -0.1) is 0 Å². The van der Waals surface area contributed by atoms with Crippen molar-refractivity contribution in [3.8, 4) is 28.5 Å². The van der Waals surface area contributed by atoms with Crippen LogP contribution < -0.4 is 14.2 Å². The van der Waals surface area contributed by atoms with Gasteiger partial charge < -0.3 is 19.1 Å². The van der Waals surface area contributed by atoms with Crippen molar-refractivity contribution >= 4 is 17.5 Å². The first-order chi connectivity index (χ1) is 17.5. The molecule has 0 aliphatic carbocycles. The molecule has 4 aromatic rings. The van der Waals surface area contributed by atoms with Gasteiger partial charge in [-0.05, 0) is 66.1 Å². The number of fused-ring (bicyclic) bond motifs is 1. The van der Waals surface area contributed by atoms with Crippen molar-refractivity contribution in [3.05, 3.63) is 94.1 Å². The predicted octanol–water partition coefficient (Wildman–Crippen LogP) is 5.54. The zero-order valence-electron chi connectivity index (χ0n) is 20.2. The third kappa shape index (κ3) is 4.27. The average molecular weight is 504 g/mol. The van der Waals surface area contributed by atoms with Gasteiger partial charge in [-0.1, -0.05) is 29.8 Å². The Hall–Kier alpha value is -3.97. The van der Waals surface area contributed by atoms with Gasteiger partial charge in [0.25, 0.3) is 5.91 Å². The van der Waals surface area contributed by atoms with Crippen LogP contribution in [0.15, 0.2) is 66.7 Å². The second kappa shape index (κ2) is 9.95. The lowest BCUT2D eigenvalue weighted by Gasteiger charge is -2.26. The number of hydrogen-bond donors (Lipinski definition) is 1. The molecule has 1 atom stereocenters. The minimum atomic E-state index is -0.331. The van der Waals surface area contributed by atoms with Crippen molar-refractivity contribution in [1.29, 1.82) is 0 Å². The monoisotopic (exact) mass is 503 g/mol. The van der Waals surface area contributed by atoms with Crippen LogP contribution in [0.5, 0.6) is 17.2 Å². The summed E-state index contributed by atoms with van der Waals surface area (Å²) in [6.07, 6.45) is 0.638. The Morgan fingerprint density at radius 1 is 0.944 bits per heavy atom. The molecule has 5 rings (SSSR count). The van der Waals surface area contributed by atoms with Crippen LogP contribution in [0.1, 0.15) is 33.2 Å². The van der Waals surface area contributed by atoms with Crippen molar-refractivity contribution in [1.82, 2.24) is 15.1 Å². The number of nitrogens with zero attached hydrogens (tertiary/aromatic N) is 2. The van der Waals surface area contributed by atoms with E-state index in [1.807, 2.05) is 71.6 Å². The van der Waals surface area contributed by atoms with E-state index in [0.717, 1.165) is 33.7 Å². The fourth-order valence-corrected chi connectivity index (χ4v) is 4.90. The van der Waals surface area contributed by atoms with E-state index < -0.39 is 0 Å². The number of carbonyl (C=O) groups excluding carboxylic acids is 1. The molecule has 0 radical (unpaired) electrons. The molecule has 3 aromatic carbocycles. The normalized spacial score (nSPS) is 14.6. The molecular weight excluding hydrogens is 478 g/mol. The van der Waals surface area contributed by atoms with Crippen LogP contribution in [0.4, 0.5) is 0 Å². The molecular formula is C28H26ClN3O4. The van der Waals surface area contributed by atoms with Gasteiger partial charge >= 0.3 is 0 Å². The summed E-state index contributed by atoms with van der Waals surface area (Å²) in [5, 5.41) is 8.14. The zero-order chi connectivity index (χ0) is 25.2. The van der Waals surface area contributed by atoms with Crippen LogP contribution >= 0.6 is 11.6 Å². The smallest absolute Gasteiger partial charge is 0.273 e. The molecule has 0 bridgehead atoms. The first kappa shape index (κ1) is 23.8. The van der Waals surface area contributed by atoms with E-state index in [0.29, 0.717) is 35.2 Å². The molecule has 7 nitrogen and oxygen atoms in total. The molecule has 2 heterocycles. The van der Waals surface area contributed by atoms with Gasteiger partial charge in [-0.2, -0.15) is 5.10 Å². The highest BCUT2D eigenvalue weighted by molar-refractivity contribution is 6.30. The van der Waals surface area contributed by atoms with E-state index in [1.165, 1.54) is 0 Å². The summed E-state index contributed by atoms with van der Waals surface area (Å²) in [7, 11) is 4.85. The molecule has 0 saturated heterocycles. The fourth-order valence-electron chi connectivity index (χ4n) is 4.71. The minimum absolute atomic E-state index is 0.0947. The van der Waals surface area contributed by atoms with E-state index in [2.05, 4.69) is 10.2 Å². The average Bonchev–Trinajstić information content (AvgIpc) is 3.45. The van der Waals surface area contributed by atoms with Crippen molar-refractivity contribution in [2.45, 2.75) is 12.5 Å². The van der Waals surface area contributed by atoms with E-state index in [4.69, 9.17) is 25.8 Å². The summed E-state index contributed by atoms with van der Waals surface area (Å²) in [6.45, 7) is 0.496. The predicted molar refractivity (Wildman–Crippen MR) is 138 cm³/mol. The fraction of sp³-hybridized carbons (Fsp3) is 0.214. The molecule has 1 aliphatic heterocycles. The summed E-state index contributed by atoms with van der Waals surface area (Å²) in [5.41, 5.74) is 4.94. The highest BCUT2D eigenvalue weighted by Crippen LogP contribution is 2.43. The second-order valence-electron chi connectivity index (χ2n) is 8.48. The van der Waals surface area contributed by atoms with Gasteiger partial charge in [-0.3, -0.25) is 9.89 Å². The molecule has 0 fully saturated rings. The summed E-state index contributed by atoms with van der Waals surface area (Å²) < 4.78 is 16.1. The van der Waals surface area contributed by atoms with Gasteiger partial charge in [0.15, 0.2) is 11.5 Å². The lowest BCUT2D eigenvalue weighted by atomic mass is 9.96. The number of benzene rings is 3. The van der Waals surface area contributed by atoms with Crippen LogP contribution in [-0.2, 0) is 6.42 Å². The highest BCUT2D eigenvalue weighted by atomic mass is 35.5. The number of carbonyl (C=O) groups is 1. The summed E-state index contributed by atoms with van der Waals surface area (Å²) >= 11 is 6.37. The number of halogens is 1. The minimum Gasteiger partial charge on any atom is -0.497 e. The van der Waals surface area contributed by atoms with Crippen LogP contribution in [0.25, 0.3) is 11.3 Å². The lowest BCUT2D eigenvalue weighted by Crippen LogP contribution is -2.31. The Labute approximate surface area is 214 Å². The van der Waals surface area contributed by atoms with Gasteiger partial charge in [0, 0.05) is 22.7 Å². The maximum absolute atomic E-state index is 13.6. The number of ether oxygens (including phenoxy) is 3. The molecule has 1 amide bonds. The number of aromatic amines is 1. The first-order valence-electron chi connectivity index (χ1n) is 11.5. The quantitative estimate of drug-likeness (QED) is 0.341. The lowest BCUT2D eigenvalue weighted by molar-refractivity contribution is 0.0746. The number of H-pyrrole nitrogens is 1. The summed E-state index contributed by atoms with van der Waals surface area (Å²) in [5.74, 6) is 1.98. The summed E-state index contributed by atoms with van der Waals surface area (Å²) in [4.78, 5) is 15.5. The molecule has 0 saturated carbocycles. The topological polar surface area (TPSA) is 76.7 Å². The summed E-state index contributed by atoms with van der Waals surface area (Å²) in [6, 6.07) is 20.8. The van der Waals surface area contributed by atoms with Gasteiger partial charge in [0.1, 0.15) is 11.4 Å². The van der Waals surface area contributed by atoms with Gasteiger partial charge in [0.05, 0.1) is 33.1 Å². The van der Waals surface area contributed by atoms with E-state index in [1.54, 1.807) is 21.3 Å². The highest BCUT2D eigenvalue weighted by Gasteiger charge is 2.42. The van der Waals surface area contributed by atoms with Crippen molar-refractivity contribution in [2.24, 2.45) is 0 Å². The van der Waals surface area contributed by atoms with Gasteiger partial charge in [0.2, 0.25) is 0 Å². The SMILES string of the molecule is COc1ccc(-c2n[nH]c3c2C(c2cccc(Cl)c2)N(CCc2ccc(OC)c(OC)c2)C3=O)cc1. The first-order valence-corrected chi connectivity index (χ1v) is 11.9. The molecule has 8 heteroatoms. The van der Waals surface area contributed by atoms with Gasteiger partial charge in [-0.25, -0.2) is 0 Å². The van der Waals surface area contributed by atoms with E-state index >= 15 is 0 Å². The number of hydrogen-bond acceptors (Lipinski definition) is 5. The van der Waals surface area contributed by atoms with E-state index in [-0.39, 0.29) is 11.9 Å². The van der Waals surface area contributed by atoms with E-state index in [9.17, 15) is 4.79 Å². The number of rotatable bonds is 8. The van der Waals surface area contributed by atoms with Crippen molar-refractivity contribution in [3.63, 3.8) is 0 Å². The van der Waals surface area contributed by atoms with Crippen molar-refractivity contribution in [2.75, 3.05) is 27.9 Å².